The van der Waals surface area contributed by atoms with E-state index in [2.05, 4.69) is 20.7 Å². The molecule has 0 saturated carbocycles. The third-order valence-electron chi connectivity index (χ3n) is 2.50. The van der Waals surface area contributed by atoms with Crippen molar-refractivity contribution in [1.82, 2.24) is 0 Å². The van der Waals surface area contributed by atoms with Crippen LogP contribution in [-0.2, 0) is 10.0 Å². The van der Waals surface area contributed by atoms with Crippen molar-refractivity contribution in [3.63, 3.8) is 0 Å². The Labute approximate surface area is 124 Å². The number of hydrogen-bond acceptors (Lipinski definition) is 4. The van der Waals surface area contributed by atoms with Crippen LogP contribution in [-0.4, -0.2) is 13.5 Å². The minimum absolute atomic E-state index is 0.0454. The second-order valence-corrected chi connectivity index (χ2v) is 6.42. The minimum Gasteiger partial charge on any atom is -0.505 e. The standard InChI is InChI=1S/C13H9BrN2O3S/c14-11-5-2-6-12(13(11)17)16-20(18,19)10-4-1-3-9(7-10)8-15/h1-7,16-17H. The van der Waals surface area contributed by atoms with E-state index in [1.165, 1.54) is 30.3 Å². The molecule has 0 heterocycles. The fourth-order valence-electron chi connectivity index (χ4n) is 1.53. The largest absolute Gasteiger partial charge is 0.505 e. The van der Waals surface area contributed by atoms with Crippen molar-refractivity contribution < 1.29 is 13.5 Å². The van der Waals surface area contributed by atoms with Gasteiger partial charge in [0.1, 0.15) is 0 Å². The number of phenols is 1. The molecule has 2 aromatic rings. The van der Waals surface area contributed by atoms with E-state index in [-0.39, 0.29) is 21.9 Å². The molecule has 20 heavy (non-hydrogen) atoms. The molecule has 2 N–H and O–H groups in total. The monoisotopic (exact) mass is 352 g/mol. The van der Waals surface area contributed by atoms with E-state index in [4.69, 9.17) is 5.26 Å². The van der Waals surface area contributed by atoms with Gasteiger partial charge in [0.25, 0.3) is 10.0 Å². The predicted molar refractivity (Wildman–Crippen MR) is 77.8 cm³/mol. The first kappa shape index (κ1) is 14.4. The van der Waals surface area contributed by atoms with Crippen LogP contribution in [0.25, 0.3) is 0 Å². The first-order valence-electron chi connectivity index (χ1n) is 5.44. The van der Waals surface area contributed by atoms with Crippen LogP contribution in [0.5, 0.6) is 5.75 Å². The minimum atomic E-state index is -3.87. The van der Waals surface area contributed by atoms with Crippen molar-refractivity contribution in [1.29, 1.82) is 5.26 Å². The highest BCUT2D eigenvalue weighted by atomic mass is 79.9. The normalized spacial score (nSPS) is 10.8. The molecule has 2 aromatic carbocycles. The Kier molecular flexibility index (Phi) is 3.97. The van der Waals surface area contributed by atoms with Gasteiger partial charge in [0.15, 0.2) is 5.75 Å². The van der Waals surface area contributed by atoms with Gasteiger partial charge in [-0.3, -0.25) is 4.72 Å². The molecule has 0 bridgehead atoms. The van der Waals surface area contributed by atoms with E-state index in [0.717, 1.165) is 0 Å². The molecule has 0 unspecified atom stereocenters. The predicted octanol–water partition coefficient (Wildman–Crippen LogP) is 2.83. The molecule has 0 aliphatic rings. The van der Waals surface area contributed by atoms with Gasteiger partial charge in [-0.15, -0.1) is 0 Å². The lowest BCUT2D eigenvalue weighted by Gasteiger charge is -2.10. The molecule has 0 aliphatic heterocycles. The molecule has 0 radical (unpaired) electrons. The number of benzene rings is 2. The first-order chi connectivity index (χ1) is 9.44. The van der Waals surface area contributed by atoms with E-state index in [0.29, 0.717) is 4.47 Å². The summed E-state index contributed by atoms with van der Waals surface area (Å²) in [5.41, 5.74) is 0.299. The van der Waals surface area contributed by atoms with Gasteiger partial charge in [-0.25, -0.2) is 8.42 Å². The zero-order valence-electron chi connectivity index (χ0n) is 10.0. The van der Waals surface area contributed by atoms with Crippen molar-refractivity contribution in [3.05, 3.63) is 52.5 Å². The average molecular weight is 353 g/mol. The molecule has 0 atom stereocenters. The Balaban J connectivity index is 2.41. The number of para-hydroxylation sites is 1. The number of aromatic hydroxyl groups is 1. The summed E-state index contributed by atoms with van der Waals surface area (Å²) in [5, 5.41) is 18.6. The van der Waals surface area contributed by atoms with Crippen LogP contribution in [0.4, 0.5) is 5.69 Å². The van der Waals surface area contributed by atoms with E-state index in [1.807, 2.05) is 6.07 Å². The first-order valence-corrected chi connectivity index (χ1v) is 7.72. The van der Waals surface area contributed by atoms with Crippen molar-refractivity contribution in [2.45, 2.75) is 4.90 Å². The lowest BCUT2D eigenvalue weighted by Crippen LogP contribution is -2.13. The highest BCUT2D eigenvalue weighted by Gasteiger charge is 2.17. The smallest absolute Gasteiger partial charge is 0.262 e. The molecule has 0 spiro atoms. The van der Waals surface area contributed by atoms with Crippen LogP contribution in [0.3, 0.4) is 0 Å². The summed E-state index contributed by atoms with van der Waals surface area (Å²) >= 11 is 3.10. The third-order valence-corrected chi connectivity index (χ3v) is 4.51. The molecule has 7 heteroatoms. The van der Waals surface area contributed by atoms with E-state index < -0.39 is 10.0 Å². The maximum atomic E-state index is 12.2. The molecule has 0 aliphatic carbocycles. The molecule has 0 fully saturated rings. The van der Waals surface area contributed by atoms with Crippen molar-refractivity contribution in [3.8, 4) is 11.8 Å². The van der Waals surface area contributed by atoms with Crippen molar-refractivity contribution >= 4 is 31.6 Å². The second kappa shape index (κ2) is 5.53. The van der Waals surface area contributed by atoms with Gasteiger partial charge in [-0.1, -0.05) is 12.1 Å². The Morgan fingerprint density at radius 3 is 2.60 bits per heavy atom. The van der Waals surface area contributed by atoms with Gasteiger partial charge in [0.2, 0.25) is 0 Å². The number of anilines is 1. The number of rotatable bonds is 3. The van der Waals surface area contributed by atoms with Crippen LogP contribution in [0.2, 0.25) is 0 Å². The van der Waals surface area contributed by atoms with Gasteiger partial charge >= 0.3 is 0 Å². The van der Waals surface area contributed by atoms with E-state index >= 15 is 0 Å². The van der Waals surface area contributed by atoms with Crippen LogP contribution in [0, 0.1) is 11.3 Å². The lowest BCUT2D eigenvalue weighted by atomic mass is 10.2. The zero-order valence-corrected chi connectivity index (χ0v) is 12.4. The van der Waals surface area contributed by atoms with Crippen LogP contribution in [0.1, 0.15) is 5.56 Å². The molecule has 102 valence electrons. The maximum Gasteiger partial charge on any atom is 0.262 e. The SMILES string of the molecule is N#Cc1cccc(S(=O)(=O)Nc2cccc(Br)c2O)c1. The fraction of sp³-hybridized carbons (Fsp3) is 0. The van der Waals surface area contributed by atoms with E-state index in [9.17, 15) is 13.5 Å². The summed E-state index contributed by atoms with van der Waals surface area (Å²) in [4.78, 5) is -0.0454. The van der Waals surface area contributed by atoms with Gasteiger partial charge in [-0.05, 0) is 46.3 Å². The molecule has 0 aromatic heterocycles. The fourth-order valence-corrected chi connectivity index (χ4v) is 3.01. The molecule has 0 amide bonds. The summed E-state index contributed by atoms with van der Waals surface area (Å²) in [6.07, 6.45) is 0. The Hall–Kier alpha value is -2.04. The third kappa shape index (κ3) is 2.92. The van der Waals surface area contributed by atoms with Gasteiger partial charge in [-0.2, -0.15) is 5.26 Å². The summed E-state index contributed by atoms with van der Waals surface area (Å²) in [5.74, 6) is -0.201. The summed E-state index contributed by atoms with van der Waals surface area (Å²) in [7, 11) is -3.87. The zero-order chi connectivity index (χ0) is 14.8. The number of hydrogen-bond donors (Lipinski definition) is 2. The van der Waals surface area contributed by atoms with Crippen molar-refractivity contribution in [2.24, 2.45) is 0 Å². The highest BCUT2D eigenvalue weighted by Crippen LogP contribution is 2.32. The molecular weight excluding hydrogens is 344 g/mol. The molecule has 5 nitrogen and oxygen atoms in total. The van der Waals surface area contributed by atoms with Gasteiger partial charge < -0.3 is 5.11 Å². The van der Waals surface area contributed by atoms with Crippen molar-refractivity contribution in [2.75, 3.05) is 4.72 Å². The number of nitrogens with one attached hydrogen (secondary N) is 1. The number of nitriles is 1. The molecule has 2 rings (SSSR count). The Morgan fingerprint density at radius 2 is 1.90 bits per heavy atom. The Bertz CT molecular complexity index is 798. The summed E-state index contributed by atoms with van der Waals surface area (Å²) in [6, 6.07) is 12.1. The topological polar surface area (TPSA) is 90.2 Å². The quantitative estimate of drug-likeness (QED) is 0.831. The van der Waals surface area contributed by atoms with Gasteiger partial charge in [0, 0.05) is 0 Å². The number of nitrogens with zero attached hydrogens (tertiary/aromatic N) is 1. The van der Waals surface area contributed by atoms with Gasteiger partial charge in [0.05, 0.1) is 26.7 Å². The van der Waals surface area contributed by atoms with Crippen LogP contribution >= 0.6 is 15.9 Å². The lowest BCUT2D eigenvalue weighted by molar-refractivity contribution is 0.474. The number of halogens is 1. The highest BCUT2D eigenvalue weighted by molar-refractivity contribution is 9.10. The number of phenolic OH excluding ortho intramolecular Hbond substituents is 1. The van der Waals surface area contributed by atoms with E-state index in [1.54, 1.807) is 12.1 Å². The molecular formula is C13H9BrN2O3S. The average Bonchev–Trinajstić information content (AvgIpc) is 2.44. The molecule has 0 saturated heterocycles. The van der Waals surface area contributed by atoms with Crippen LogP contribution in [0.15, 0.2) is 51.8 Å². The summed E-state index contributed by atoms with van der Waals surface area (Å²) < 4.78 is 27.0. The second-order valence-electron chi connectivity index (χ2n) is 3.88. The summed E-state index contributed by atoms with van der Waals surface area (Å²) in [6.45, 7) is 0. The van der Waals surface area contributed by atoms with Crippen LogP contribution < -0.4 is 4.72 Å². The number of sulfonamides is 1. The Morgan fingerprint density at radius 1 is 1.20 bits per heavy atom. The maximum absolute atomic E-state index is 12.2.